The van der Waals surface area contributed by atoms with Crippen LogP contribution in [0.2, 0.25) is 0 Å². The largest absolute Gasteiger partial charge is 0.493 e. The first-order valence-corrected chi connectivity index (χ1v) is 17.0. The monoisotopic (exact) mass is 556 g/mol. The highest BCUT2D eigenvalue weighted by Crippen LogP contribution is 2.28. The first-order valence-electron chi connectivity index (χ1n) is 12.0. The van der Waals surface area contributed by atoms with Gasteiger partial charge in [0.1, 0.15) is 23.9 Å². The van der Waals surface area contributed by atoms with E-state index in [1.807, 2.05) is 104 Å². The molecule has 0 saturated heterocycles. The number of ether oxygens (including phenoxy) is 4. The van der Waals surface area contributed by atoms with Gasteiger partial charge in [0, 0.05) is 23.0 Å². The van der Waals surface area contributed by atoms with E-state index >= 15 is 0 Å². The van der Waals surface area contributed by atoms with Gasteiger partial charge in [-0.2, -0.15) is 0 Å². The van der Waals surface area contributed by atoms with Gasteiger partial charge >= 0.3 is 0 Å². The third kappa shape index (κ3) is 15.9. The van der Waals surface area contributed by atoms with E-state index in [-0.39, 0.29) is 11.2 Å². The molecular weight excluding hydrogens is 517 g/mol. The highest BCUT2D eigenvalue weighted by molar-refractivity contribution is 8.77. The van der Waals surface area contributed by atoms with E-state index in [1.54, 1.807) is 0 Å². The summed E-state index contributed by atoms with van der Waals surface area (Å²) in [5, 5.41) is 0. The van der Waals surface area contributed by atoms with Crippen LogP contribution in [0, 0.1) is 0 Å². The van der Waals surface area contributed by atoms with Crippen molar-refractivity contribution in [3.63, 3.8) is 0 Å². The number of hydrogen-bond acceptors (Lipinski definition) is 8. The minimum Gasteiger partial charge on any atom is -0.493 e. The minimum atomic E-state index is -0.180. The van der Waals surface area contributed by atoms with Crippen LogP contribution in [0.15, 0.2) is 60.7 Å². The first kappa shape index (κ1) is 30.6. The van der Waals surface area contributed by atoms with Crippen LogP contribution >= 0.6 is 43.2 Å². The van der Waals surface area contributed by atoms with Crippen molar-refractivity contribution in [1.29, 1.82) is 0 Å². The molecule has 0 amide bonds. The molecule has 0 fully saturated rings. The average molecular weight is 557 g/mol. The summed E-state index contributed by atoms with van der Waals surface area (Å²) in [6, 6.07) is 20.0. The summed E-state index contributed by atoms with van der Waals surface area (Å²) in [7, 11) is 7.44. The Morgan fingerprint density at radius 2 is 1.11 bits per heavy atom. The predicted octanol–water partition coefficient (Wildman–Crippen LogP) is 8.24. The Morgan fingerprint density at radius 1 is 0.600 bits per heavy atom. The molecule has 0 bridgehead atoms. The van der Waals surface area contributed by atoms with Crippen molar-refractivity contribution in [2.24, 2.45) is 0 Å². The Hall–Kier alpha value is -0.640. The second-order valence-electron chi connectivity index (χ2n) is 9.05. The molecule has 0 N–H and O–H groups in total. The Bertz CT molecular complexity index is 775. The molecular formula is C27H40O4S4. The molecule has 0 spiro atoms. The van der Waals surface area contributed by atoms with Crippen LogP contribution in [0.3, 0.4) is 0 Å². The van der Waals surface area contributed by atoms with Crippen LogP contribution in [0.1, 0.15) is 40.5 Å². The predicted molar refractivity (Wildman–Crippen MR) is 158 cm³/mol. The summed E-state index contributed by atoms with van der Waals surface area (Å²) in [6.45, 7) is 10.3. The highest BCUT2D eigenvalue weighted by Gasteiger charge is 2.20. The summed E-state index contributed by atoms with van der Waals surface area (Å²) in [5.74, 6) is 5.87. The molecule has 196 valence electrons. The van der Waals surface area contributed by atoms with Gasteiger partial charge in [-0.3, -0.25) is 0 Å². The zero-order valence-electron chi connectivity index (χ0n) is 21.4. The molecule has 0 aliphatic carbocycles. The fourth-order valence-electron chi connectivity index (χ4n) is 2.80. The molecule has 0 unspecified atom stereocenters. The van der Waals surface area contributed by atoms with Crippen molar-refractivity contribution in [2.45, 2.75) is 51.7 Å². The maximum absolute atomic E-state index is 6.09. The van der Waals surface area contributed by atoms with Crippen LogP contribution in [0.5, 0.6) is 11.5 Å². The second-order valence-corrected chi connectivity index (χ2v) is 14.5. The Balaban J connectivity index is 1.38. The normalized spacial score (nSPS) is 12.0. The second kappa shape index (κ2) is 17.8. The molecule has 8 heteroatoms. The molecule has 0 atom stereocenters. The fraction of sp³-hybridized carbons (Fsp3) is 0.556. The lowest BCUT2D eigenvalue weighted by molar-refractivity contribution is -0.125. The number of hydrogen-bond donors (Lipinski definition) is 0. The first-order chi connectivity index (χ1) is 16.9. The fourth-order valence-corrected chi connectivity index (χ4v) is 7.09. The van der Waals surface area contributed by atoms with E-state index in [9.17, 15) is 0 Å². The standard InChI is InChI=1S/C27H40O4S4/c1-26(2,15-19-32-35-22-18-29-24-11-7-5-8-12-24)30-23-28-17-21-34-33-20-16-27(3,4)31-25-13-9-6-10-14-25/h5-14H,15-23H2,1-4H3. The van der Waals surface area contributed by atoms with Crippen LogP contribution in [-0.4, -0.2) is 54.2 Å². The van der Waals surface area contributed by atoms with E-state index in [4.69, 9.17) is 18.9 Å². The Kier molecular flexibility index (Phi) is 15.5. The van der Waals surface area contributed by atoms with Crippen LogP contribution in [0.25, 0.3) is 0 Å². The number of rotatable bonds is 20. The quantitative estimate of drug-likeness (QED) is 0.0917. The lowest BCUT2D eigenvalue weighted by atomic mass is 10.1. The molecule has 0 aliphatic rings. The molecule has 2 aromatic carbocycles. The molecule has 0 heterocycles. The Labute approximate surface area is 228 Å². The molecule has 2 rings (SSSR count). The van der Waals surface area contributed by atoms with Crippen molar-refractivity contribution in [2.75, 3.05) is 43.0 Å². The smallest absolute Gasteiger partial charge is 0.147 e. The SMILES string of the molecule is CC(C)(CCSSCCOc1ccccc1)OCOCCSSCCC(C)(C)Oc1ccccc1. The van der Waals surface area contributed by atoms with Gasteiger partial charge in [0.25, 0.3) is 0 Å². The Morgan fingerprint density at radius 3 is 1.74 bits per heavy atom. The maximum atomic E-state index is 6.09. The van der Waals surface area contributed by atoms with Gasteiger partial charge in [0.15, 0.2) is 0 Å². The molecule has 0 aromatic heterocycles. The van der Waals surface area contributed by atoms with Gasteiger partial charge in [-0.25, -0.2) is 0 Å². The average Bonchev–Trinajstić information content (AvgIpc) is 2.83. The third-order valence-corrected chi connectivity index (χ3v) is 9.64. The van der Waals surface area contributed by atoms with E-state index in [0.29, 0.717) is 13.4 Å². The van der Waals surface area contributed by atoms with Crippen molar-refractivity contribution < 1.29 is 18.9 Å². The lowest BCUT2D eigenvalue weighted by Gasteiger charge is -2.26. The summed E-state index contributed by atoms with van der Waals surface area (Å²) >= 11 is 0. The van der Waals surface area contributed by atoms with Crippen LogP contribution < -0.4 is 9.47 Å². The molecule has 35 heavy (non-hydrogen) atoms. The summed E-state index contributed by atoms with van der Waals surface area (Å²) in [4.78, 5) is 0. The van der Waals surface area contributed by atoms with Gasteiger partial charge in [-0.05, 0) is 64.8 Å². The van der Waals surface area contributed by atoms with E-state index < -0.39 is 0 Å². The van der Waals surface area contributed by atoms with E-state index in [0.717, 1.165) is 54.0 Å². The minimum absolute atomic E-state index is 0.169. The van der Waals surface area contributed by atoms with Crippen molar-refractivity contribution >= 4 is 43.2 Å². The zero-order chi connectivity index (χ0) is 25.2. The van der Waals surface area contributed by atoms with Gasteiger partial charge in [-0.1, -0.05) is 79.6 Å². The summed E-state index contributed by atoms with van der Waals surface area (Å²) < 4.78 is 23.4. The zero-order valence-corrected chi connectivity index (χ0v) is 24.7. The third-order valence-electron chi connectivity index (χ3n) is 4.90. The topological polar surface area (TPSA) is 36.9 Å². The molecule has 0 radical (unpaired) electrons. The van der Waals surface area contributed by atoms with E-state index in [2.05, 4.69) is 27.7 Å². The maximum Gasteiger partial charge on any atom is 0.147 e. The van der Waals surface area contributed by atoms with Crippen LogP contribution in [-0.2, 0) is 9.47 Å². The van der Waals surface area contributed by atoms with Crippen molar-refractivity contribution in [3.8, 4) is 11.5 Å². The van der Waals surface area contributed by atoms with Crippen LogP contribution in [0.4, 0.5) is 0 Å². The van der Waals surface area contributed by atoms with E-state index in [1.165, 1.54) is 0 Å². The van der Waals surface area contributed by atoms with Gasteiger partial charge in [0.2, 0.25) is 0 Å². The molecule has 4 nitrogen and oxygen atoms in total. The van der Waals surface area contributed by atoms with Crippen molar-refractivity contribution in [1.82, 2.24) is 0 Å². The lowest BCUT2D eigenvalue weighted by Crippen LogP contribution is -2.28. The molecule has 0 saturated carbocycles. The molecule has 0 aliphatic heterocycles. The number of para-hydroxylation sites is 2. The summed E-state index contributed by atoms with van der Waals surface area (Å²) in [6.07, 6.45) is 1.98. The number of benzene rings is 2. The van der Waals surface area contributed by atoms with Gasteiger partial charge in [0.05, 0.1) is 18.8 Å². The van der Waals surface area contributed by atoms with Gasteiger partial charge < -0.3 is 18.9 Å². The highest BCUT2D eigenvalue weighted by atomic mass is 33.1. The molecule has 2 aromatic rings. The van der Waals surface area contributed by atoms with Gasteiger partial charge in [-0.15, -0.1) is 0 Å². The van der Waals surface area contributed by atoms with Crippen molar-refractivity contribution in [3.05, 3.63) is 60.7 Å². The summed E-state index contributed by atoms with van der Waals surface area (Å²) in [5.41, 5.74) is -0.349.